The van der Waals surface area contributed by atoms with Crippen molar-refractivity contribution in [2.45, 2.75) is 13.3 Å². The van der Waals surface area contributed by atoms with Crippen molar-refractivity contribution >= 4 is 17.3 Å². The molecular formula is C15H20N4O2. The lowest BCUT2D eigenvalue weighted by atomic mass is 10.2. The molecule has 1 heterocycles. The van der Waals surface area contributed by atoms with Gasteiger partial charge < -0.3 is 20.1 Å². The van der Waals surface area contributed by atoms with Gasteiger partial charge in [0.25, 0.3) is 0 Å². The summed E-state index contributed by atoms with van der Waals surface area (Å²) in [6, 6.07) is 5.59. The van der Waals surface area contributed by atoms with E-state index in [4.69, 9.17) is 9.47 Å². The molecule has 0 amide bonds. The minimum Gasteiger partial charge on any atom is -0.493 e. The van der Waals surface area contributed by atoms with E-state index in [1.54, 1.807) is 26.6 Å². The monoisotopic (exact) mass is 288 g/mol. The molecule has 0 unspecified atom stereocenters. The highest BCUT2D eigenvalue weighted by Crippen LogP contribution is 2.30. The maximum atomic E-state index is 5.28. The molecule has 1 aromatic heterocycles. The first-order valence-electron chi connectivity index (χ1n) is 6.81. The third-order valence-corrected chi connectivity index (χ3v) is 2.85. The second kappa shape index (κ2) is 7.33. The second-order valence-corrected chi connectivity index (χ2v) is 4.41. The molecule has 0 fully saturated rings. The predicted molar refractivity (Wildman–Crippen MR) is 83.6 cm³/mol. The highest BCUT2D eigenvalue weighted by molar-refractivity contribution is 5.61. The van der Waals surface area contributed by atoms with E-state index < -0.39 is 0 Å². The molecule has 0 atom stereocenters. The van der Waals surface area contributed by atoms with Gasteiger partial charge in [-0.05, 0) is 18.6 Å². The van der Waals surface area contributed by atoms with Crippen LogP contribution in [0.25, 0.3) is 0 Å². The van der Waals surface area contributed by atoms with E-state index in [0.717, 1.165) is 24.5 Å². The van der Waals surface area contributed by atoms with Gasteiger partial charge in [0.2, 0.25) is 0 Å². The maximum Gasteiger partial charge on any atom is 0.162 e. The fourth-order valence-corrected chi connectivity index (χ4v) is 1.83. The van der Waals surface area contributed by atoms with Crippen molar-refractivity contribution < 1.29 is 9.47 Å². The summed E-state index contributed by atoms with van der Waals surface area (Å²) in [5.74, 6) is 2.77. The Morgan fingerprint density at radius 1 is 1.05 bits per heavy atom. The zero-order valence-corrected chi connectivity index (χ0v) is 12.5. The third-order valence-electron chi connectivity index (χ3n) is 2.85. The lowest BCUT2D eigenvalue weighted by molar-refractivity contribution is 0.355. The van der Waals surface area contributed by atoms with E-state index in [1.165, 1.54) is 0 Å². The van der Waals surface area contributed by atoms with Crippen molar-refractivity contribution in [2.75, 3.05) is 31.4 Å². The number of methoxy groups -OCH3 is 2. The number of nitrogens with one attached hydrogen (secondary N) is 2. The van der Waals surface area contributed by atoms with Gasteiger partial charge in [-0.2, -0.15) is 0 Å². The van der Waals surface area contributed by atoms with E-state index in [-0.39, 0.29) is 0 Å². The first-order chi connectivity index (χ1) is 10.3. The average Bonchev–Trinajstić information content (AvgIpc) is 2.53. The topological polar surface area (TPSA) is 68.3 Å². The van der Waals surface area contributed by atoms with Crippen molar-refractivity contribution in [3.05, 3.63) is 30.6 Å². The van der Waals surface area contributed by atoms with E-state index in [0.29, 0.717) is 17.3 Å². The van der Waals surface area contributed by atoms with E-state index >= 15 is 0 Å². The van der Waals surface area contributed by atoms with Crippen molar-refractivity contribution in [3.8, 4) is 11.5 Å². The number of nitrogens with zero attached hydrogens (tertiary/aromatic N) is 2. The molecule has 0 aliphatic heterocycles. The van der Waals surface area contributed by atoms with Crippen LogP contribution >= 0.6 is 0 Å². The van der Waals surface area contributed by atoms with Crippen molar-refractivity contribution in [1.82, 2.24) is 9.97 Å². The molecule has 112 valence electrons. The molecule has 0 bridgehead atoms. The highest BCUT2D eigenvalue weighted by Gasteiger charge is 2.05. The molecule has 1 aromatic carbocycles. The predicted octanol–water partition coefficient (Wildman–Crippen LogP) is 3.06. The van der Waals surface area contributed by atoms with E-state index in [9.17, 15) is 0 Å². The van der Waals surface area contributed by atoms with Gasteiger partial charge in [-0.25, -0.2) is 4.98 Å². The summed E-state index contributed by atoms with van der Waals surface area (Å²) >= 11 is 0. The van der Waals surface area contributed by atoms with Crippen LogP contribution in [0.4, 0.5) is 17.3 Å². The van der Waals surface area contributed by atoms with Crippen molar-refractivity contribution in [1.29, 1.82) is 0 Å². The van der Waals surface area contributed by atoms with Gasteiger partial charge >= 0.3 is 0 Å². The van der Waals surface area contributed by atoms with Gasteiger partial charge in [0.1, 0.15) is 5.82 Å². The minimum atomic E-state index is 0.663. The molecule has 0 aliphatic carbocycles. The number of anilines is 3. The van der Waals surface area contributed by atoms with Crippen LogP contribution in [0.1, 0.15) is 13.3 Å². The number of rotatable bonds is 7. The van der Waals surface area contributed by atoms with Crippen LogP contribution in [0, 0.1) is 0 Å². The van der Waals surface area contributed by atoms with Gasteiger partial charge in [0.05, 0.1) is 26.6 Å². The van der Waals surface area contributed by atoms with Gasteiger partial charge in [0.15, 0.2) is 17.3 Å². The zero-order chi connectivity index (χ0) is 15.1. The Morgan fingerprint density at radius 2 is 1.81 bits per heavy atom. The molecule has 2 aromatic rings. The SMILES string of the molecule is CCCNc1cncc(Nc2ccc(OC)c(OC)c2)n1. The van der Waals surface area contributed by atoms with Gasteiger partial charge in [-0.3, -0.25) is 4.98 Å². The third kappa shape index (κ3) is 3.98. The Balaban J connectivity index is 2.14. The van der Waals surface area contributed by atoms with E-state index in [1.807, 2.05) is 18.2 Å². The molecule has 0 spiro atoms. The lowest BCUT2D eigenvalue weighted by Crippen LogP contribution is -2.04. The lowest BCUT2D eigenvalue weighted by Gasteiger charge is -2.11. The second-order valence-electron chi connectivity index (χ2n) is 4.41. The normalized spacial score (nSPS) is 10.0. The summed E-state index contributed by atoms with van der Waals surface area (Å²) in [5, 5.41) is 6.40. The first kappa shape index (κ1) is 14.9. The quantitative estimate of drug-likeness (QED) is 0.816. The minimum absolute atomic E-state index is 0.663. The molecule has 2 rings (SSSR count). The Bertz CT molecular complexity index is 590. The fourth-order valence-electron chi connectivity index (χ4n) is 1.83. The molecule has 0 aliphatic rings. The fraction of sp³-hybridized carbons (Fsp3) is 0.333. The molecule has 0 saturated heterocycles. The summed E-state index contributed by atoms with van der Waals surface area (Å²) < 4.78 is 10.5. The summed E-state index contributed by atoms with van der Waals surface area (Å²) in [5.41, 5.74) is 0.856. The maximum absolute atomic E-state index is 5.28. The summed E-state index contributed by atoms with van der Waals surface area (Å²) in [4.78, 5) is 8.61. The largest absolute Gasteiger partial charge is 0.493 e. The molecule has 2 N–H and O–H groups in total. The summed E-state index contributed by atoms with van der Waals surface area (Å²) in [6.45, 7) is 2.97. The molecule has 21 heavy (non-hydrogen) atoms. The zero-order valence-electron chi connectivity index (χ0n) is 12.5. The summed E-state index contributed by atoms with van der Waals surface area (Å²) in [6.07, 6.45) is 4.41. The average molecular weight is 288 g/mol. The molecule has 6 heteroatoms. The van der Waals surface area contributed by atoms with Crippen LogP contribution in [-0.4, -0.2) is 30.7 Å². The Labute approximate surface area is 124 Å². The Kier molecular flexibility index (Phi) is 5.20. The molecule has 0 saturated carbocycles. The number of aromatic nitrogens is 2. The Hall–Kier alpha value is -2.50. The number of hydrogen-bond acceptors (Lipinski definition) is 6. The summed E-state index contributed by atoms with van der Waals surface area (Å²) in [7, 11) is 3.22. The number of benzene rings is 1. The van der Waals surface area contributed by atoms with Gasteiger partial charge in [0, 0.05) is 18.3 Å². The van der Waals surface area contributed by atoms with Gasteiger partial charge in [-0.1, -0.05) is 6.92 Å². The van der Waals surface area contributed by atoms with Crippen molar-refractivity contribution in [3.63, 3.8) is 0 Å². The van der Waals surface area contributed by atoms with Crippen LogP contribution < -0.4 is 20.1 Å². The van der Waals surface area contributed by atoms with Crippen LogP contribution in [0.15, 0.2) is 30.6 Å². The van der Waals surface area contributed by atoms with Crippen molar-refractivity contribution in [2.24, 2.45) is 0 Å². The van der Waals surface area contributed by atoms with Gasteiger partial charge in [-0.15, -0.1) is 0 Å². The smallest absolute Gasteiger partial charge is 0.162 e. The standard InChI is InChI=1S/C15H20N4O2/c1-4-7-17-14-9-16-10-15(19-14)18-11-5-6-12(20-2)13(8-11)21-3/h5-6,8-10H,4,7H2,1-3H3,(H2,17,18,19). The van der Waals surface area contributed by atoms with E-state index in [2.05, 4.69) is 27.5 Å². The van der Waals surface area contributed by atoms with Crippen LogP contribution in [0.2, 0.25) is 0 Å². The van der Waals surface area contributed by atoms with Crippen LogP contribution in [0.3, 0.4) is 0 Å². The molecular weight excluding hydrogens is 268 g/mol. The molecule has 6 nitrogen and oxygen atoms in total. The highest BCUT2D eigenvalue weighted by atomic mass is 16.5. The number of ether oxygens (including phenoxy) is 2. The van der Waals surface area contributed by atoms with Crippen LogP contribution in [0.5, 0.6) is 11.5 Å². The van der Waals surface area contributed by atoms with Crippen LogP contribution in [-0.2, 0) is 0 Å². The number of hydrogen-bond donors (Lipinski definition) is 2. The Morgan fingerprint density at radius 3 is 2.52 bits per heavy atom. The molecule has 0 radical (unpaired) electrons. The first-order valence-corrected chi connectivity index (χ1v) is 6.81.